The Morgan fingerprint density at radius 2 is 2.08 bits per heavy atom. The topological polar surface area (TPSA) is 75.7 Å². The third kappa shape index (κ3) is 2.32. The van der Waals surface area contributed by atoms with Crippen LogP contribution in [0.4, 0.5) is 4.79 Å². The molecule has 12 heavy (non-hydrogen) atoms. The van der Waals surface area contributed by atoms with Crippen LogP contribution < -0.4 is 5.73 Å². The Morgan fingerprint density at radius 3 is 2.50 bits per heavy atom. The maximum absolute atomic E-state index is 10.3. The van der Waals surface area contributed by atoms with Crippen LogP contribution >= 0.6 is 0 Å². The van der Waals surface area contributed by atoms with E-state index in [0.29, 0.717) is 5.71 Å². The Kier molecular flexibility index (Phi) is 2.10. The Labute approximate surface area is 70.1 Å². The minimum atomic E-state index is -0.948. The number of amides is 2. The predicted octanol–water partition coefficient (Wildman–Crippen LogP) is 0.383. The number of nitrogens with zero attached hydrogens (tertiary/aromatic N) is 1. The van der Waals surface area contributed by atoms with Crippen molar-refractivity contribution in [3.8, 4) is 0 Å². The van der Waals surface area contributed by atoms with Crippen molar-refractivity contribution in [1.82, 2.24) is 0 Å². The molecule has 64 valence electrons. The Hall–Kier alpha value is -1.42. The van der Waals surface area contributed by atoms with Gasteiger partial charge in [0.1, 0.15) is 0 Å². The van der Waals surface area contributed by atoms with Crippen LogP contribution in [0.3, 0.4) is 0 Å². The van der Waals surface area contributed by atoms with Gasteiger partial charge in [0.2, 0.25) is 0 Å². The van der Waals surface area contributed by atoms with E-state index >= 15 is 0 Å². The highest BCUT2D eigenvalue weighted by Crippen LogP contribution is 2.12. The van der Waals surface area contributed by atoms with Crippen molar-refractivity contribution in [3.63, 3.8) is 0 Å². The van der Waals surface area contributed by atoms with Gasteiger partial charge in [-0.3, -0.25) is 0 Å². The second kappa shape index (κ2) is 2.91. The predicted molar refractivity (Wildman–Crippen MR) is 45.9 cm³/mol. The van der Waals surface area contributed by atoms with E-state index in [1.165, 1.54) is 12.2 Å². The molecule has 0 bridgehead atoms. The van der Waals surface area contributed by atoms with Gasteiger partial charge in [0.15, 0.2) is 0 Å². The van der Waals surface area contributed by atoms with Crippen LogP contribution in [0.2, 0.25) is 0 Å². The highest BCUT2D eigenvalue weighted by Gasteiger charge is 2.14. The second-order valence-electron chi connectivity index (χ2n) is 2.77. The standard InChI is InChI=1S/C8H10N2O2/c1-8(12)4-2-6(3-5-8)10-7(9)11/h2-5,12H,1H3,(H2,9,11). The molecule has 0 saturated carbocycles. The molecule has 0 radical (unpaired) electrons. The summed E-state index contributed by atoms with van der Waals surface area (Å²) >= 11 is 0. The second-order valence-corrected chi connectivity index (χ2v) is 2.77. The Bertz CT molecular complexity index is 269. The van der Waals surface area contributed by atoms with Crippen LogP contribution in [-0.2, 0) is 0 Å². The van der Waals surface area contributed by atoms with Crippen molar-refractivity contribution < 1.29 is 9.90 Å². The van der Waals surface area contributed by atoms with E-state index in [0.717, 1.165) is 0 Å². The average molecular weight is 166 g/mol. The summed E-state index contributed by atoms with van der Waals surface area (Å²) < 4.78 is 0. The van der Waals surface area contributed by atoms with Gasteiger partial charge in [0.05, 0.1) is 11.3 Å². The number of aliphatic hydroxyl groups is 1. The summed E-state index contributed by atoms with van der Waals surface area (Å²) in [7, 11) is 0. The molecule has 0 aliphatic heterocycles. The van der Waals surface area contributed by atoms with Gasteiger partial charge < -0.3 is 10.8 Å². The van der Waals surface area contributed by atoms with Crippen molar-refractivity contribution in [3.05, 3.63) is 24.3 Å². The van der Waals surface area contributed by atoms with Crippen LogP contribution in [0, 0.1) is 0 Å². The molecule has 0 saturated heterocycles. The van der Waals surface area contributed by atoms with E-state index in [1.54, 1.807) is 19.1 Å². The number of hydrogen-bond acceptors (Lipinski definition) is 2. The third-order valence-corrected chi connectivity index (χ3v) is 1.42. The van der Waals surface area contributed by atoms with Crippen LogP contribution in [0.5, 0.6) is 0 Å². The van der Waals surface area contributed by atoms with Crippen LogP contribution in [0.15, 0.2) is 29.3 Å². The molecule has 0 spiro atoms. The molecule has 1 aliphatic rings. The normalized spacial score (nSPS) is 27.3. The van der Waals surface area contributed by atoms with E-state index in [1.807, 2.05) is 0 Å². The maximum atomic E-state index is 10.3. The summed E-state index contributed by atoms with van der Waals surface area (Å²) in [5.74, 6) is 0. The van der Waals surface area contributed by atoms with E-state index in [-0.39, 0.29) is 0 Å². The maximum Gasteiger partial charge on any atom is 0.338 e. The monoisotopic (exact) mass is 166 g/mol. The van der Waals surface area contributed by atoms with Crippen molar-refractivity contribution in [2.24, 2.45) is 10.7 Å². The fourth-order valence-corrected chi connectivity index (χ4v) is 0.821. The molecule has 1 aliphatic carbocycles. The lowest BCUT2D eigenvalue weighted by Gasteiger charge is -2.16. The van der Waals surface area contributed by atoms with Gasteiger partial charge in [-0.2, -0.15) is 4.99 Å². The number of nitrogens with two attached hydrogens (primary N) is 1. The minimum Gasteiger partial charge on any atom is -0.382 e. The smallest absolute Gasteiger partial charge is 0.338 e. The fourth-order valence-electron chi connectivity index (χ4n) is 0.821. The van der Waals surface area contributed by atoms with E-state index in [4.69, 9.17) is 5.73 Å². The van der Waals surface area contributed by atoms with Gasteiger partial charge in [-0.25, -0.2) is 4.79 Å². The zero-order valence-electron chi connectivity index (χ0n) is 6.69. The van der Waals surface area contributed by atoms with E-state index in [9.17, 15) is 9.90 Å². The number of primary amides is 1. The summed E-state index contributed by atoms with van der Waals surface area (Å²) in [5, 5.41) is 9.38. The zero-order chi connectivity index (χ0) is 9.19. The zero-order valence-corrected chi connectivity index (χ0v) is 6.69. The number of carbonyl (C=O) groups excluding carboxylic acids is 1. The lowest BCUT2D eigenvalue weighted by molar-refractivity contribution is 0.163. The van der Waals surface area contributed by atoms with Crippen LogP contribution in [0.25, 0.3) is 0 Å². The lowest BCUT2D eigenvalue weighted by Crippen LogP contribution is -2.21. The molecule has 3 N–H and O–H groups in total. The summed E-state index contributed by atoms with van der Waals surface area (Å²) in [4.78, 5) is 13.8. The number of allylic oxidation sites excluding steroid dienone is 2. The van der Waals surface area contributed by atoms with Crippen LogP contribution in [0.1, 0.15) is 6.92 Å². The minimum absolute atomic E-state index is 0.453. The first-order chi connectivity index (χ1) is 5.49. The summed E-state index contributed by atoms with van der Waals surface area (Å²) in [5.41, 5.74) is 4.34. The number of carbonyl (C=O) groups is 1. The summed E-state index contributed by atoms with van der Waals surface area (Å²) in [6.45, 7) is 1.63. The Balaban J connectivity index is 2.80. The van der Waals surface area contributed by atoms with Crippen molar-refractivity contribution >= 4 is 11.7 Å². The largest absolute Gasteiger partial charge is 0.382 e. The number of aliphatic imine (C=N–C) groups is 1. The average Bonchev–Trinajstić information content (AvgIpc) is 1.93. The van der Waals surface area contributed by atoms with E-state index < -0.39 is 11.6 Å². The molecule has 0 atom stereocenters. The highest BCUT2D eigenvalue weighted by molar-refractivity contribution is 6.09. The molecule has 0 fully saturated rings. The quantitative estimate of drug-likeness (QED) is 0.546. The van der Waals surface area contributed by atoms with Crippen molar-refractivity contribution in [2.75, 3.05) is 0 Å². The van der Waals surface area contributed by atoms with Gasteiger partial charge in [-0.05, 0) is 31.2 Å². The molecule has 0 heterocycles. The number of hydrogen-bond donors (Lipinski definition) is 2. The first-order valence-corrected chi connectivity index (χ1v) is 3.48. The van der Waals surface area contributed by atoms with Gasteiger partial charge in [0.25, 0.3) is 0 Å². The number of urea groups is 1. The molecular weight excluding hydrogens is 156 g/mol. The fraction of sp³-hybridized carbons (Fsp3) is 0.250. The third-order valence-electron chi connectivity index (χ3n) is 1.42. The molecular formula is C8H10N2O2. The van der Waals surface area contributed by atoms with Gasteiger partial charge in [-0.1, -0.05) is 0 Å². The highest BCUT2D eigenvalue weighted by atomic mass is 16.3. The summed E-state index contributed by atoms with van der Waals surface area (Å²) in [6.07, 6.45) is 6.17. The summed E-state index contributed by atoms with van der Waals surface area (Å²) in [6, 6.07) is -0.735. The molecule has 0 unspecified atom stereocenters. The molecule has 4 nitrogen and oxygen atoms in total. The van der Waals surface area contributed by atoms with E-state index in [2.05, 4.69) is 4.99 Å². The first kappa shape index (κ1) is 8.67. The molecule has 2 amide bonds. The van der Waals surface area contributed by atoms with Crippen molar-refractivity contribution in [2.45, 2.75) is 12.5 Å². The number of rotatable bonds is 0. The molecule has 0 aromatic rings. The molecule has 4 heteroatoms. The SMILES string of the molecule is CC1(O)C=CC(=NC(N)=O)C=C1. The van der Waals surface area contributed by atoms with Crippen LogP contribution in [-0.4, -0.2) is 22.5 Å². The first-order valence-electron chi connectivity index (χ1n) is 3.48. The molecule has 0 aromatic heterocycles. The molecule has 0 aromatic carbocycles. The Morgan fingerprint density at radius 1 is 1.58 bits per heavy atom. The van der Waals surface area contributed by atoms with Crippen molar-refractivity contribution in [1.29, 1.82) is 0 Å². The van der Waals surface area contributed by atoms with Gasteiger partial charge >= 0.3 is 6.03 Å². The molecule has 1 rings (SSSR count). The lowest BCUT2D eigenvalue weighted by atomic mass is 10.00. The van der Waals surface area contributed by atoms with Gasteiger partial charge in [0, 0.05) is 0 Å². The van der Waals surface area contributed by atoms with Gasteiger partial charge in [-0.15, -0.1) is 0 Å².